The van der Waals surface area contributed by atoms with Gasteiger partial charge in [-0.25, -0.2) is 0 Å². The van der Waals surface area contributed by atoms with Gasteiger partial charge >= 0.3 is 6.18 Å². The Balaban J connectivity index is 2.00. The average Bonchev–Trinajstić information content (AvgIpc) is 2.89. The van der Waals surface area contributed by atoms with E-state index in [0.717, 1.165) is 16.5 Å². The maximum absolute atomic E-state index is 14.1. The fourth-order valence-corrected chi connectivity index (χ4v) is 4.87. The number of fused-ring (bicyclic) bond motifs is 1. The Morgan fingerprint density at radius 2 is 1.59 bits per heavy atom. The summed E-state index contributed by atoms with van der Waals surface area (Å²) in [6, 6.07) is 20.8. The van der Waals surface area contributed by atoms with E-state index in [1.807, 2.05) is 45.9 Å². The number of benzene rings is 4. The molecule has 4 aromatic carbocycles. The summed E-state index contributed by atoms with van der Waals surface area (Å²) >= 11 is 6.17. The van der Waals surface area contributed by atoms with Gasteiger partial charge in [-0.2, -0.15) is 13.2 Å². The van der Waals surface area contributed by atoms with Crippen molar-refractivity contribution in [3.05, 3.63) is 106 Å². The summed E-state index contributed by atoms with van der Waals surface area (Å²) in [5.41, 5.74) is -1.18. The molecule has 0 aromatic heterocycles. The monoisotopic (exact) mass is 578 g/mol. The topological polar surface area (TPSA) is 46.5 Å². The molecule has 0 fully saturated rings. The molecule has 0 saturated heterocycles. The number of alkyl halides is 3. The lowest BCUT2D eigenvalue weighted by molar-refractivity contribution is -0.240. The molecule has 0 spiro atoms. The number of aliphatic hydroxyl groups is 1. The third-order valence-corrected chi connectivity index (χ3v) is 6.87. The standard InChI is InChI=1S/C34H30ClF3O3/c1-21-19-25-12-11-23(17-18-33(40,34(36,37)38)26-9-7-6-8-10-26)20-28(25)30(24-13-15-27(35)16-14-24)29(21)31(22(2)39)41-32(3,4)5/h6-16,19-20,31,40H,1-5H3. The van der Waals surface area contributed by atoms with E-state index in [0.29, 0.717) is 21.5 Å². The van der Waals surface area contributed by atoms with Crippen LogP contribution in [0.25, 0.3) is 21.9 Å². The number of rotatable bonds is 5. The number of ketones is 1. The first-order valence-corrected chi connectivity index (χ1v) is 13.4. The zero-order valence-electron chi connectivity index (χ0n) is 23.4. The van der Waals surface area contributed by atoms with Gasteiger partial charge in [0.2, 0.25) is 5.60 Å². The molecular weight excluding hydrogens is 549 g/mol. The maximum Gasteiger partial charge on any atom is 0.433 e. The number of ether oxygens (including phenoxy) is 1. The summed E-state index contributed by atoms with van der Waals surface area (Å²) in [4.78, 5) is 13.0. The Bertz CT molecular complexity index is 1640. The highest BCUT2D eigenvalue weighted by Gasteiger charge is 2.54. The Morgan fingerprint density at radius 3 is 2.15 bits per heavy atom. The molecule has 3 nitrogen and oxygen atoms in total. The molecule has 212 valence electrons. The molecule has 1 N–H and O–H groups in total. The number of Topliss-reactive ketones (excluding diaryl/α,β-unsaturated/α-hetero) is 1. The zero-order chi connectivity index (χ0) is 30.2. The lowest BCUT2D eigenvalue weighted by Gasteiger charge is -2.29. The normalized spacial score (nSPS) is 14.2. The fraction of sp³-hybridized carbons (Fsp3) is 0.265. The Kier molecular flexibility index (Phi) is 8.38. The molecule has 0 amide bonds. The molecule has 0 bridgehead atoms. The maximum atomic E-state index is 14.1. The van der Waals surface area contributed by atoms with E-state index in [4.69, 9.17) is 16.3 Å². The minimum Gasteiger partial charge on any atom is -0.366 e. The molecule has 7 heteroatoms. The molecule has 4 rings (SSSR count). The van der Waals surface area contributed by atoms with Crippen molar-refractivity contribution in [3.63, 3.8) is 0 Å². The smallest absolute Gasteiger partial charge is 0.366 e. The van der Waals surface area contributed by atoms with Gasteiger partial charge in [-0.15, -0.1) is 0 Å². The van der Waals surface area contributed by atoms with Gasteiger partial charge in [0, 0.05) is 16.1 Å². The van der Waals surface area contributed by atoms with E-state index in [1.54, 1.807) is 36.4 Å². The second kappa shape index (κ2) is 11.3. The Labute approximate surface area is 242 Å². The van der Waals surface area contributed by atoms with Crippen molar-refractivity contribution in [1.82, 2.24) is 0 Å². The van der Waals surface area contributed by atoms with E-state index >= 15 is 0 Å². The van der Waals surface area contributed by atoms with Crippen LogP contribution in [0.2, 0.25) is 5.02 Å². The number of carbonyl (C=O) groups is 1. The van der Waals surface area contributed by atoms with Crippen LogP contribution in [0.3, 0.4) is 0 Å². The van der Waals surface area contributed by atoms with Gasteiger partial charge in [0.15, 0.2) is 5.78 Å². The first-order chi connectivity index (χ1) is 19.1. The van der Waals surface area contributed by atoms with Gasteiger partial charge in [0.1, 0.15) is 6.10 Å². The summed E-state index contributed by atoms with van der Waals surface area (Å²) in [6.45, 7) is 8.96. The van der Waals surface area contributed by atoms with Gasteiger partial charge in [0.25, 0.3) is 0 Å². The number of aryl methyl sites for hydroxylation is 1. The van der Waals surface area contributed by atoms with Gasteiger partial charge in [-0.1, -0.05) is 72.1 Å². The lowest BCUT2D eigenvalue weighted by atomic mass is 9.85. The van der Waals surface area contributed by atoms with Crippen LogP contribution < -0.4 is 0 Å². The molecule has 0 radical (unpaired) electrons. The highest BCUT2D eigenvalue weighted by molar-refractivity contribution is 6.30. The predicted molar refractivity (Wildman–Crippen MR) is 157 cm³/mol. The van der Waals surface area contributed by atoms with Crippen LogP contribution in [0.4, 0.5) is 13.2 Å². The van der Waals surface area contributed by atoms with E-state index in [9.17, 15) is 23.1 Å². The summed E-state index contributed by atoms with van der Waals surface area (Å²) in [5, 5.41) is 12.7. The molecule has 2 atom stereocenters. The molecular formula is C34H30ClF3O3. The predicted octanol–water partition coefficient (Wildman–Crippen LogP) is 8.72. The quantitative estimate of drug-likeness (QED) is 0.241. The van der Waals surface area contributed by atoms with Crippen LogP contribution in [0.15, 0.2) is 78.9 Å². The summed E-state index contributed by atoms with van der Waals surface area (Å²) in [5.74, 6) is 4.45. The first-order valence-electron chi connectivity index (χ1n) is 13.0. The summed E-state index contributed by atoms with van der Waals surface area (Å²) in [7, 11) is 0. The number of carbonyl (C=O) groups excluding carboxylic acids is 1. The second-order valence-electron chi connectivity index (χ2n) is 11.0. The molecule has 0 aliphatic rings. The molecule has 2 unspecified atom stereocenters. The van der Waals surface area contributed by atoms with Crippen LogP contribution in [0, 0.1) is 18.8 Å². The fourth-order valence-electron chi connectivity index (χ4n) is 4.74. The molecule has 0 heterocycles. The highest BCUT2D eigenvalue weighted by Crippen LogP contribution is 2.42. The molecule has 0 aliphatic heterocycles. The van der Waals surface area contributed by atoms with E-state index in [-0.39, 0.29) is 16.9 Å². The van der Waals surface area contributed by atoms with Crippen LogP contribution >= 0.6 is 11.6 Å². The van der Waals surface area contributed by atoms with Crippen molar-refractivity contribution in [1.29, 1.82) is 0 Å². The van der Waals surface area contributed by atoms with Gasteiger partial charge < -0.3 is 9.84 Å². The SMILES string of the molecule is CC(=O)C(OC(C)(C)C)c1c(C)cc2ccc(C#CC(O)(c3ccccc3)C(F)(F)F)cc2c1-c1ccc(Cl)cc1. The third kappa shape index (κ3) is 6.49. The number of halogens is 4. The first kappa shape index (κ1) is 30.3. The van der Waals surface area contributed by atoms with E-state index < -0.39 is 23.5 Å². The number of hydrogen-bond donors (Lipinski definition) is 1. The van der Waals surface area contributed by atoms with Crippen LogP contribution in [-0.2, 0) is 15.1 Å². The molecule has 4 aromatic rings. The molecule has 0 saturated carbocycles. The minimum atomic E-state index is -5.03. The lowest BCUT2D eigenvalue weighted by Crippen LogP contribution is -2.41. The second-order valence-corrected chi connectivity index (χ2v) is 11.4. The van der Waals surface area contributed by atoms with Gasteiger partial charge in [0.05, 0.1) is 5.60 Å². The van der Waals surface area contributed by atoms with Gasteiger partial charge in [-0.05, 0) is 97.8 Å². The molecule has 0 aliphatic carbocycles. The average molecular weight is 579 g/mol. The largest absolute Gasteiger partial charge is 0.433 e. The van der Waals surface area contributed by atoms with Crippen molar-refractivity contribution in [2.75, 3.05) is 0 Å². The Hall–Kier alpha value is -3.63. The number of hydrogen-bond acceptors (Lipinski definition) is 3. The minimum absolute atomic E-state index is 0.188. The van der Waals surface area contributed by atoms with E-state index in [2.05, 4.69) is 11.8 Å². The van der Waals surface area contributed by atoms with Crippen molar-refractivity contribution < 1.29 is 27.8 Å². The highest BCUT2D eigenvalue weighted by atomic mass is 35.5. The van der Waals surface area contributed by atoms with Gasteiger partial charge in [-0.3, -0.25) is 4.79 Å². The van der Waals surface area contributed by atoms with Crippen molar-refractivity contribution in [2.45, 2.75) is 58.1 Å². The zero-order valence-corrected chi connectivity index (χ0v) is 24.1. The van der Waals surface area contributed by atoms with Crippen molar-refractivity contribution >= 4 is 28.2 Å². The van der Waals surface area contributed by atoms with Crippen LogP contribution in [0.1, 0.15) is 56.1 Å². The summed E-state index contributed by atoms with van der Waals surface area (Å²) in [6.07, 6.45) is -5.93. The molecule has 41 heavy (non-hydrogen) atoms. The van der Waals surface area contributed by atoms with E-state index in [1.165, 1.54) is 31.2 Å². The third-order valence-electron chi connectivity index (χ3n) is 6.61. The summed E-state index contributed by atoms with van der Waals surface area (Å²) < 4.78 is 48.4. The van der Waals surface area contributed by atoms with Crippen LogP contribution in [-0.4, -0.2) is 22.7 Å². The van der Waals surface area contributed by atoms with Crippen molar-refractivity contribution in [2.24, 2.45) is 0 Å². The van der Waals surface area contributed by atoms with Crippen molar-refractivity contribution in [3.8, 4) is 23.0 Å². The van der Waals surface area contributed by atoms with Crippen LogP contribution in [0.5, 0.6) is 0 Å². The Morgan fingerprint density at radius 1 is 0.951 bits per heavy atom.